The maximum absolute atomic E-state index is 11.2. The summed E-state index contributed by atoms with van der Waals surface area (Å²) in [6.45, 7) is 5.07. The second-order valence-corrected chi connectivity index (χ2v) is 4.65. The molecule has 3 rings (SSSR count). The lowest BCUT2D eigenvalue weighted by molar-refractivity contribution is -0.233. The van der Waals surface area contributed by atoms with Crippen LogP contribution in [0.1, 0.15) is 13.8 Å². The Balaban J connectivity index is 1.72. The number of amides is 2. The number of piperidine rings is 2. The van der Waals surface area contributed by atoms with Gasteiger partial charge in [-0.3, -0.25) is 9.59 Å². The zero-order chi connectivity index (χ0) is 10.0. The Morgan fingerprint density at radius 3 is 1.57 bits per heavy atom. The van der Waals surface area contributed by atoms with Crippen molar-refractivity contribution in [2.24, 2.45) is 11.8 Å². The third-order valence-corrected chi connectivity index (χ3v) is 4.12. The molecule has 3 fully saturated rings. The van der Waals surface area contributed by atoms with Crippen LogP contribution in [-0.4, -0.2) is 46.8 Å². The van der Waals surface area contributed by atoms with Crippen LogP contribution in [0.5, 0.6) is 0 Å². The van der Waals surface area contributed by atoms with Gasteiger partial charge >= 0.3 is 0 Å². The number of likely N-dealkylation sites (tertiary alicyclic amines) is 2. The highest BCUT2D eigenvalue weighted by atomic mass is 16.2. The van der Waals surface area contributed by atoms with Gasteiger partial charge in [-0.2, -0.15) is 0 Å². The van der Waals surface area contributed by atoms with Crippen molar-refractivity contribution in [3.05, 3.63) is 0 Å². The van der Waals surface area contributed by atoms with E-state index in [1.165, 1.54) is 0 Å². The van der Waals surface area contributed by atoms with Crippen molar-refractivity contribution in [3.63, 3.8) is 0 Å². The van der Waals surface area contributed by atoms with Crippen LogP contribution in [0, 0.1) is 11.8 Å². The fraction of sp³-hybridized carbons (Fsp3) is 0.800. The summed E-state index contributed by atoms with van der Waals surface area (Å²) in [6.07, 6.45) is 0. The van der Waals surface area contributed by atoms with Crippen molar-refractivity contribution in [2.45, 2.75) is 25.9 Å². The Bertz CT molecular complexity index is 296. The van der Waals surface area contributed by atoms with Gasteiger partial charge < -0.3 is 9.80 Å². The molecule has 2 aliphatic heterocycles. The first kappa shape index (κ1) is 8.26. The van der Waals surface area contributed by atoms with E-state index in [4.69, 9.17) is 0 Å². The van der Waals surface area contributed by atoms with E-state index >= 15 is 0 Å². The number of carbonyl (C=O) groups excluding carboxylic acids is 2. The number of rotatable bonds is 0. The van der Waals surface area contributed by atoms with Gasteiger partial charge in [-0.1, -0.05) is 0 Å². The Morgan fingerprint density at radius 1 is 0.929 bits per heavy atom. The highest BCUT2D eigenvalue weighted by Crippen LogP contribution is 2.54. The lowest BCUT2D eigenvalue weighted by atomic mass is 9.53. The summed E-state index contributed by atoms with van der Waals surface area (Å²) in [5.74, 6) is 1.69. The van der Waals surface area contributed by atoms with Gasteiger partial charge in [-0.15, -0.1) is 0 Å². The molecule has 0 spiro atoms. The molecule has 1 saturated carbocycles. The fourth-order valence-corrected chi connectivity index (χ4v) is 3.28. The molecule has 14 heavy (non-hydrogen) atoms. The van der Waals surface area contributed by atoms with Crippen molar-refractivity contribution in [1.29, 1.82) is 0 Å². The van der Waals surface area contributed by atoms with Crippen LogP contribution in [0.25, 0.3) is 0 Å². The largest absolute Gasteiger partial charge is 0.337 e. The van der Waals surface area contributed by atoms with Gasteiger partial charge in [0.05, 0.1) is 12.1 Å². The summed E-state index contributed by atoms with van der Waals surface area (Å²) in [6, 6.07) is 0.713. The quantitative estimate of drug-likeness (QED) is 0.531. The van der Waals surface area contributed by atoms with Gasteiger partial charge in [0.15, 0.2) is 0 Å². The minimum absolute atomic E-state index is 0.153. The second kappa shape index (κ2) is 2.30. The molecule has 4 nitrogen and oxygen atoms in total. The van der Waals surface area contributed by atoms with Gasteiger partial charge in [0, 0.05) is 38.8 Å². The predicted octanol–water partition coefficient (Wildman–Crippen LogP) is -0.306. The van der Waals surface area contributed by atoms with Crippen LogP contribution in [0.15, 0.2) is 0 Å². The van der Waals surface area contributed by atoms with Gasteiger partial charge in [-0.25, -0.2) is 0 Å². The van der Waals surface area contributed by atoms with Crippen molar-refractivity contribution >= 4 is 11.8 Å². The number of fused-ring (bicyclic) bond motifs is 4. The molecule has 2 saturated heterocycles. The van der Waals surface area contributed by atoms with Crippen LogP contribution in [0.4, 0.5) is 0 Å². The van der Waals surface area contributed by atoms with E-state index < -0.39 is 0 Å². The highest BCUT2D eigenvalue weighted by Gasteiger charge is 2.68. The number of hydrogen-bond donors (Lipinski definition) is 0. The van der Waals surface area contributed by atoms with E-state index in [0.29, 0.717) is 23.9 Å². The van der Waals surface area contributed by atoms with E-state index in [1.807, 2.05) is 9.80 Å². The topological polar surface area (TPSA) is 40.6 Å². The number of hydrogen-bond acceptors (Lipinski definition) is 2. The van der Waals surface area contributed by atoms with E-state index in [0.717, 1.165) is 13.1 Å². The molecule has 3 aliphatic rings. The molecule has 0 N–H and O–H groups in total. The molecular formula is C10H14N2O2. The van der Waals surface area contributed by atoms with Crippen LogP contribution in [-0.2, 0) is 9.59 Å². The van der Waals surface area contributed by atoms with Crippen molar-refractivity contribution < 1.29 is 9.59 Å². The standard InChI is InChI=1S/C10H14N2O2/c1-5(13)11-3-7-8-4-12(6(2)14)10(8)9(7)11/h7-10H,3-4H2,1-2H3/t7-,8+,9-,10+. The molecule has 0 aromatic heterocycles. The minimum atomic E-state index is 0.153. The van der Waals surface area contributed by atoms with Crippen molar-refractivity contribution in [3.8, 4) is 0 Å². The van der Waals surface area contributed by atoms with Gasteiger partial charge in [0.25, 0.3) is 0 Å². The number of nitrogens with zero attached hydrogens (tertiary/aromatic N) is 2. The van der Waals surface area contributed by atoms with Crippen molar-refractivity contribution in [1.82, 2.24) is 9.80 Å². The molecule has 1 aliphatic carbocycles. The van der Waals surface area contributed by atoms with Gasteiger partial charge in [-0.05, 0) is 0 Å². The lowest BCUT2D eigenvalue weighted by Gasteiger charge is -2.73. The van der Waals surface area contributed by atoms with Crippen LogP contribution in [0.3, 0.4) is 0 Å². The molecule has 2 amide bonds. The first-order valence-corrected chi connectivity index (χ1v) is 5.15. The molecule has 4 atom stereocenters. The molecule has 2 heterocycles. The predicted molar refractivity (Wildman–Crippen MR) is 49.3 cm³/mol. The maximum Gasteiger partial charge on any atom is 0.219 e. The monoisotopic (exact) mass is 194 g/mol. The smallest absolute Gasteiger partial charge is 0.219 e. The molecule has 0 bridgehead atoms. The Morgan fingerprint density at radius 2 is 1.29 bits per heavy atom. The molecule has 0 aromatic carbocycles. The molecule has 0 radical (unpaired) electrons. The summed E-state index contributed by atoms with van der Waals surface area (Å²) in [5, 5.41) is 0. The molecule has 76 valence electrons. The van der Waals surface area contributed by atoms with E-state index in [-0.39, 0.29) is 11.8 Å². The van der Waals surface area contributed by atoms with Crippen molar-refractivity contribution in [2.75, 3.05) is 13.1 Å². The summed E-state index contributed by atoms with van der Waals surface area (Å²) in [7, 11) is 0. The first-order valence-electron chi connectivity index (χ1n) is 5.15. The molecule has 0 unspecified atom stereocenters. The van der Waals surface area contributed by atoms with Crippen LogP contribution in [0.2, 0.25) is 0 Å². The SMILES string of the molecule is CC(=O)N1C[C@@H]2[C@@H]3CN(C(C)=O)[C@@H]3[C@@H]21. The zero-order valence-corrected chi connectivity index (χ0v) is 8.43. The summed E-state index contributed by atoms with van der Waals surface area (Å²) in [4.78, 5) is 26.2. The summed E-state index contributed by atoms with van der Waals surface area (Å²) in [5.41, 5.74) is 0. The fourth-order valence-electron chi connectivity index (χ4n) is 3.28. The minimum Gasteiger partial charge on any atom is -0.337 e. The van der Waals surface area contributed by atoms with Crippen LogP contribution < -0.4 is 0 Å². The number of carbonyl (C=O) groups is 2. The Hall–Kier alpha value is -1.06. The van der Waals surface area contributed by atoms with Gasteiger partial charge in [0.1, 0.15) is 0 Å². The second-order valence-electron chi connectivity index (χ2n) is 4.65. The molecule has 4 heteroatoms. The summed E-state index contributed by atoms with van der Waals surface area (Å²) < 4.78 is 0. The van der Waals surface area contributed by atoms with Crippen LogP contribution >= 0.6 is 0 Å². The maximum atomic E-state index is 11.2. The third-order valence-electron chi connectivity index (χ3n) is 4.12. The third kappa shape index (κ3) is 0.713. The van der Waals surface area contributed by atoms with E-state index in [1.54, 1.807) is 13.8 Å². The average Bonchev–Trinajstić information content (AvgIpc) is 2.03. The first-order chi connectivity index (χ1) is 6.61. The zero-order valence-electron chi connectivity index (χ0n) is 8.43. The molecule has 0 aromatic rings. The normalized spacial score (nSPS) is 42.7. The lowest BCUT2D eigenvalue weighted by Crippen LogP contribution is -2.86. The van der Waals surface area contributed by atoms with E-state index in [9.17, 15) is 9.59 Å². The van der Waals surface area contributed by atoms with Gasteiger partial charge in [0.2, 0.25) is 11.8 Å². The highest BCUT2D eigenvalue weighted by molar-refractivity contribution is 5.78. The molecular weight excluding hydrogens is 180 g/mol. The van der Waals surface area contributed by atoms with E-state index in [2.05, 4.69) is 0 Å². The summed E-state index contributed by atoms with van der Waals surface area (Å²) >= 11 is 0. The Labute approximate surface area is 82.8 Å². The average molecular weight is 194 g/mol. The Kier molecular flexibility index (Phi) is 1.36.